The molecule has 1 atom stereocenters. The lowest BCUT2D eigenvalue weighted by molar-refractivity contribution is 0.185. The van der Waals surface area contributed by atoms with Crippen LogP contribution in [0.15, 0.2) is 0 Å². The standard InChI is InChI=1S/C6H12O.C3H8/c1-2-6-3-4-7-5-6;1-3-2/h6H,2-5H2,1H3;3H2,1-2H3. The Labute approximate surface area is 64.8 Å². The smallest absolute Gasteiger partial charge is 0.0495 e. The summed E-state index contributed by atoms with van der Waals surface area (Å²) in [5.41, 5.74) is 0. The molecule has 1 aliphatic heterocycles. The Morgan fingerprint density at radius 1 is 1.30 bits per heavy atom. The first-order valence-corrected chi connectivity index (χ1v) is 4.42. The molecule has 0 aliphatic carbocycles. The van der Waals surface area contributed by atoms with Gasteiger partial charge in [0.1, 0.15) is 0 Å². The Morgan fingerprint density at radius 3 is 2.10 bits per heavy atom. The van der Waals surface area contributed by atoms with E-state index in [0.29, 0.717) is 0 Å². The molecule has 0 radical (unpaired) electrons. The van der Waals surface area contributed by atoms with Crippen LogP contribution in [0.2, 0.25) is 0 Å². The molecule has 10 heavy (non-hydrogen) atoms. The maximum atomic E-state index is 5.15. The van der Waals surface area contributed by atoms with Crippen LogP contribution in [0.5, 0.6) is 0 Å². The van der Waals surface area contributed by atoms with Gasteiger partial charge in [-0.1, -0.05) is 33.6 Å². The maximum absolute atomic E-state index is 5.15. The minimum atomic E-state index is 0.875. The van der Waals surface area contributed by atoms with Crippen molar-refractivity contribution >= 4 is 0 Å². The van der Waals surface area contributed by atoms with E-state index in [2.05, 4.69) is 20.8 Å². The van der Waals surface area contributed by atoms with Crippen molar-refractivity contribution < 1.29 is 4.74 Å². The topological polar surface area (TPSA) is 9.23 Å². The van der Waals surface area contributed by atoms with Crippen LogP contribution >= 0.6 is 0 Å². The molecule has 1 saturated heterocycles. The zero-order valence-electron chi connectivity index (χ0n) is 7.52. The lowest BCUT2D eigenvalue weighted by Gasteiger charge is -1.97. The Bertz CT molecular complexity index is 55.7. The molecule has 0 aromatic carbocycles. The Balaban J connectivity index is 0.000000236. The van der Waals surface area contributed by atoms with Gasteiger partial charge in [-0.15, -0.1) is 0 Å². The van der Waals surface area contributed by atoms with Gasteiger partial charge in [0.15, 0.2) is 0 Å². The fraction of sp³-hybridized carbons (Fsp3) is 1.00. The van der Waals surface area contributed by atoms with Crippen LogP contribution in [0, 0.1) is 5.92 Å². The van der Waals surface area contributed by atoms with E-state index in [1.807, 2.05) is 0 Å². The van der Waals surface area contributed by atoms with Crippen molar-refractivity contribution in [3.05, 3.63) is 0 Å². The van der Waals surface area contributed by atoms with Crippen molar-refractivity contribution in [1.29, 1.82) is 0 Å². The van der Waals surface area contributed by atoms with Crippen molar-refractivity contribution in [3.63, 3.8) is 0 Å². The summed E-state index contributed by atoms with van der Waals surface area (Å²) in [6, 6.07) is 0. The van der Waals surface area contributed by atoms with Gasteiger partial charge < -0.3 is 4.74 Å². The number of hydrogen-bond donors (Lipinski definition) is 0. The van der Waals surface area contributed by atoms with E-state index in [1.165, 1.54) is 19.3 Å². The molecule has 0 aromatic rings. The molecular weight excluding hydrogens is 124 g/mol. The van der Waals surface area contributed by atoms with Crippen molar-refractivity contribution in [2.24, 2.45) is 5.92 Å². The zero-order chi connectivity index (χ0) is 7.82. The van der Waals surface area contributed by atoms with Gasteiger partial charge in [-0.05, 0) is 12.3 Å². The summed E-state index contributed by atoms with van der Waals surface area (Å²) in [6.07, 6.45) is 3.83. The Hall–Kier alpha value is -0.0400. The maximum Gasteiger partial charge on any atom is 0.0495 e. The lowest BCUT2D eigenvalue weighted by Crippen LogP contribution is -1.94. The second-order valence-corrected chi connectivity index (χ2v) is 2.84. The third-order valence-corrected chi connectivity index (χ3v) is 1.60. The minimum Gasteiger partial charge on any atom is -0.381 e. The van der Waals surface area contributed by atoms with E-state index < -0.39 is 0 Å². The first-order valence-electron chi connectivity index (χ1n) is 4.42. The van der Waals surface area contributed by atoms with Gasteiger partial charge in [0.25, 0.3) is 0 Å². The fourth-order valence-electron chi connectivity index (χ4n) is 0.905. The summed E-state index contributed by atoms with van der Waals surface area (Å²) in [6.45, 7) is 8.48. The molecule has 1 fully saturated rings. The third kappa shape index (κ3) is 4.80. The zero-order valence-corrected chi connectivity index (χ0v) is 7.52. The van der Waals surface area contributed by atoms with E-state index in [1.54, 1.807) is 0 Å². The second-order valence-electron chi connectivity index (χ2n) is 2.84. The third-order valence-electron chi connectivity index (χ3n) is 1.60. The van der Waals surface area contributed by atoms with Crippen LogP contribution in [-0.2, 0) is 4.74 Å². The quantitative estimate of drug-likeness (QED) is 0.550. The SMILES string of the molecule is CCC.CCC1CCOC1. The van der Waals surface area contributed by atoms with Gasteiger partial charge in [-0.2, -0.15) is 0 Å². The highest BCUT2D eigenvalue weighted by Gasteiger charge is 2.11. The van der Waals surface area contributed by atoms with E-state index in [0.717, 1.165) is 19.1 Å². The van der Waals surface area contributed by atoms with Gasteiger partial charge in [0.2, 0.25) is 0 Å². The predicted molar refractivity (Wildman–Crippen MR) is 45.2 cm³/mol. The van der Waals surface area contributed by atoms with Crippen LogP contribution in [0.25, 0.3) is 0 Å². The first kappa shape index (κ1) is 9.96. The van der Waals surface area contributed by atoms with Crippen molar-refractivity contribution in [3.8, 4) is 0 Å². The molecule has 0 saturated carbocycles. The number of rotatable bonds is 1. The summed E-state index contributed by atoms with van der Waals surface area (Å²) in [5, 5.41) is 0. The van der Waals surface area contributed by atoms with E-state index in [4.69, 9.17) is 4.74 Å². The van der Waals surface area contributed by atoms with E-state index >= 15 is 0 Å². The van der Waals surface area contributed by atoms with Crippen LogP contribution in [0.4, 0.5) is 0 Å². The van der Waals surface area contributed by atoms with Gasteiger partial charge in [0.05, 0.1) is 0 Å². The average molecular weight is 144 g/mol. The van der Waals surface area contributed by atoms with Crippen LogP contribution in [0.1, 0.15) is 40.0 Å². The molecule has 1 rings (SSSR count). The average Bonchev–Trinajstić information content (AvgIpc) is 2.39. The molecule has 62 valence electrons. The highest BCUT2D eigenvalue weighted by molar-refractivity contribution is 4.60. The van der Waals surface area contributed by atoms with Crippen molar-refractivity contribution in [2.45, 2.75) is 40.0 Å². The van der Waals surface area contributed by atoms with Gasteiger partial charge in [-0.25, -0.2) is 0 Å². The number of hydrogen-bond acceptors (Lipinski definition) is 1. The molecule has 0 aromatic heterocycles. The van der Waals surface area contributed by atoms with Crippen LogP contribution in [-0.4, -0.2) is 13.2 Å². The molecule has 1 heterocycles. The van der Waals surface area contributed by atoms with E-state index in [-0.39, 0.29) is 0 Å². The highest BCUT2D eigenvalue weighted by atomic mass is 16.5. The minimum absolute atomic E-state index is 0.875. The summed E-state index contributed by atoms with van der Waals surface area (Å²) in [7, 11) is 0. The molecule has 0 spiro atoms. The summed E-state index contributed by atoms with van der Waals surface area (Å²) in [4.78, 5) is 0. The van der Waals surface area contributed by atoms with Crippen molar-refractivity contribution in [1.82, 2.24) is 0 Å². The molecule has 0 bridgehead atoms. The van der Waals surface area contributed by atoms with Gasteiger partial charge >= 0.3 is 0 Å². The van der Waals surface area contributed by atoms with Crippen LogP contribution in [0.3, 0.4) is 0 Å². The Morgan fingerprint density at radius 2 is 1.90 bits per heavy atom. The predicted octanol–water partition coefficient (Wildman–Crippen LogP) is 2.85. The summed E-state index contributed by atoms with van der Waals surface area (Å²) in [5.74, 6) is 0.875. The summed E-state index contributed by atoms with van der Waals surface area (Å²) >= 11 is 0. The number of ether oxygens (including phenoxy) is 1. The van der Waals surface area contributed by atoms with Gasteiger partial charge in [0, 0.05) is 13.2 Å². The van der Waals surface area contributed by atoms with Crippen molar-refractivity contribution in [2.75, 3.05) is 13.2 Å². The normalized spacial score (nSPS) is 23.7. The highest BCUT2D eigenvalue weighted by Crippen LogP contribution is 2.14. The Kier molecular flexibility index (Phi) is 7.04. The lowest BCUT2D eigenvalue weighted by atomic mass is 10.1. The molecule has 1 nitrogen and oxygen atoms in total. The molecular formula is C9H20O. The molecule has 0 amide bonds. The molecule has 0 N–H and O–H groups in total. The summed E-state index contributed by atoms with van der Waals surface area (Å²) < 4.78 is 5.15. The first-order chi connectivity index (χ1) is 4.85. The fourth-order valence-corrected chi connectivity index (χ4v) is 0.905. The largest absolute Gasteiger partial charge is 0.381 e. The molecule has 1 unspecified atom stereocenters. The van der Waals surface area contributed by atoms with E-state index in [9.17, 15) is 0 Å². The molecule has 1 heteroatoms. The molecule has 1 aliphatic rings. The second kappa shape index (κ2) is 7.07. The monoisotopic (exact) mass is 144 g/mol. The van der Waals surface area contributed by atoms with Gasteiger partial charge in [-0.3, -0.25) is 0 Å². The van der Waals surface area contributed by atoms with Crippen LogP contribution < -0.4 is 0 Å².